The minimum absolute atomic E-state index is 0.0178. The van der Waals surface area contributed by atoms with E-state index < -0.39 is 28.3 Å². The minimum atomic E-state index is -4.11. The molecule has 0 saturated carbocycles. The smallest absolute Gasteiger partial charge is 0.264 e. The molecule has 0 spiro atoms. The monoisotopic (exact) mass is 486 g/mol. The molecule has 1 N–H and O–H groups in total. The molecule has 0 saturated heterocycles. The van der Waals surface area contributed by atoms with Crippen LogP contribution in [0.3, 0.4) is 0 Å². The molecule has 0 aliphatic rings. The van der Waals surface area contributed by atoms with Gasteiger partial charge in [-0.1, -0.05) is 17.7 Å². The second-order valence-corrected chi connectivity index (χ2v) is 9.27. The van der Waals surface area contributed by atoms with Gasteiger partial charge in [0.1, 0.15) is 30.5 Å². The maximum absolute atomic E-state index is 13.4. The van der Waals surface area contributed by atoms with Gasteiger partial charge in [0, 0.05) is 0 Å². The number of halogens is 1. The van der Waals surface area contributed by atoms with Crippen molar-refractivity contribution >= 4 is 21.6 Å². The Hall–Kier alpha value is -3.59. The van der Waals surface area contributed by atoms with Crippen LogP contribution in [0, 0.1) is 12.7 Å². The fraction of sp³-hybridized carbons (Fsp3) is 0.240. The quantitative estimate of drug-likeness (QED) is 0.415. The molecule has 3 rings (SSSR count). The lowest BCUT2D eigenvalue weighted by atomic mass is 10.2. The van der Waals surface area contributed by atoms with Crippen LogP contribution in [0.15, 0.2) is 77.7 Å². The lowest BCUT2D eigenvalue weighted by Gasteiger charge is -2.24. The molecular formula is C25H27FN2O5S. The predicted molar refractivity (Wildman–Crippen MR) is 128 cm³/mol. The van der Waals surface area contributed by atoms with Crippen molar-refractivity contribution in [2.24, 2.45) is 0 Å². The van der Waals surface area contributed by atoms with E-state index in [0.717, 1.165) is 22.0 Å². The Kier molecular flexibility index (Phi) is 8.48. The van der Waals surface area contributed by atoms with E-state index in [0.29, 0.717) is 18.1 Å². The molecular weight excluding hydrogens is 459 g/mol. The Morgan fingerprint density at radius 3 is 2.12 bits per heavy atom. The average Bonchev–Trinajstić information content (AvgIpc) is 2.83. The van der Waals surface area contributed by atoms with Gasteiger partial charge in [0.25, 0.3) is 10.0 Å². The van der Waals surface area contributed by atoms with E-state index in [9.17, 15) is 17.6 Å². The Balaban J connectivity index is 1.70. The summed E-state index contributed by atoms with van der Waals surface area (Å²) in [4.78, 5) is 12.6. The second-order valence-electron chi connectivity index (χ2n) is 7.40. The first-order valence-corrected chi connectivity index (χ1v) is 12.2. The van der Waals surface area contributed by atoms with E-state index in [1.807, 2.05) is 38.1 Å². The first kappa shape index (κ1) is 25.0. The molecule has 0 bridgehead atoms. The van der Waals surface area contributed by atoms with Gasteiger partial charge < -0.3 is 14.8 Å². The van der Waals surface area contributed by atoms with E-state index in [4.69, 9.17) is 9.47 Å². The third-order valence-corrected chi connectivity index (χ3v) is 6.63. The molecule has 0 heterocycles. The number of anilines is 1. The predicted octanol–water partition coefficient (Wildman–Crippen LogP) is 3.92. The van der Waals surface area contributed by atoms with E-state index in [-0.39, 0.29) is 23.7 Å². The van der Waals surface area contributed by atoms with Crippen LogP contribution >= 0.6 is 0 Å². The number of rotatable bonds is 11. The third kappa shape index (κ3) is 6.71. The van der Waals surface area contributed by atoms with Gasteiger partial charge in [-0.05, 0) is 74.5 Å². The van der Waals surface area contributed by atoms with Crippen LogP contribution in [0.1, 0.15) is 12.5 Å². The van der Waals surface area contributed by atoms with Crippen LogP contribution in [0.4, 0.5) is 10.1 Å². The standard InChI is InChI=1S/C25H27FN2O5S/c1-3-32-22-12-14-24(15-13-22)34(30,31)28(21-8-6-20(26)7-9-21)18-25(29)27-16-17-33-23-10-4-19(2)5-11-23/h4-15H,3,16-18H2,1-2H3,(H,27,29). The Labute approximate surface area is 199 Å². The van der Waals surface area contributed by atoms with Crippen LogP contribution in [-0.2, 0) is 14.8 Å². The molecule has 3 aromatic carbocycles. The molecule has 0 aliphatic heterocycles. The number of carbonyl (C=O) groups excluding carboxylic acids is 1. The summed E-state index contributed by atoms with van der Waals surface area (Å²) in [7, 11) is -4.11. The molecule has 0 unspecified atom stereocenters. The highest BCUT2D eigenvalue weighted by molar-refractivity contribution is 7.92. The van der Waals surface area contributed by atoms with Crippen molar-refractivity contribution in [3.63, 3.8) is 0 Å². The summed E-state index contributed by atoms with van der Waals surface area (Å²) < 4.78 is 52.0. The van der Waals surface area contributed by atoms with Crippen LogP contribution in [0.2, 0.25) is 0 Å². The third-order valence-electron chi connectivity index (χ3n) is 4.84. The minimum Gasteiger partial charge on any atom is -0.494 e. The summed E-state index contributed by atoms with van der Waals surface area (Å²) in [5, 5.41) is 2.66. The van der Waals surface area contributed by atoms with Crippen LogP contribution < -0.4 is 19.1 Å². The molecule has 34 heavy (non-hydrogen) atoms. The summed E-state index contributed by atoms with van der Waals surface area (Å²) in [5.74, 6) is 0.165. The average molecular weight is 487 g/mol. The van der Waals surface area contributed by atoms with Gasteiger partial charge in [-0.15, -0.1) is 0 Å². The van der Waals surface area contributed by atoms with Gasteiger partial charge in [-0.25, -0.2) is 12.8 Å². The molecule has 0 fully saturated rings. The summed E-state index contributed by atoms with van der Waals surface area (Å²) in [5.41, 5.74) is 1.27. The fourth-order valence-corrected chi connectivity index (χ4v) is 4.53. The van der Waals surface area contributed by atoms with Crippen LogP contribution in [0.5, 0.6) is 11.5 Å². The highest BCUT2D eigenvalue weighted by Gasteiger charge is 2.27. The first-order chi connectivity index (χ1) is 16.3. The van der Waals surface area contributed by atoms with Gasteiger partial charge in [0.05, 0.1) is 23.7 Å². The van der Waals surface area contributed by atoms with Gasteiger partial charge in [-0.3, -0.25) is 9.10 Å². The van der Waals surface area contributed by atoms with Crippen LogP contribution in [0.25, 0.3) is 0 Å². The number of benzene rings is 3. The van der Waals surface area contributed by atoms with Gasteiger partial charge >= 0.3 is 0 Å². The SMILES string of the molecule is CCOc1ccc(S(=O)(=O)N(CC(=O)NCCOc2ccc(C)cc2)c2ccc(F)cc2)cc1. The number of amides is 1. The number of sulfonamides is 1. The normalized spacial score (nSPS) is 11.0. The number of aryl methyl sites for hydroxylation is 1. The number of ether oxygens (including phenoxy) is 2. The maximum atomic E-state index is 13.4. The largest absolute Gasteiger partial charge is 0.494 e. The number of nitrogens with one attached hydrogen (secondary N) is 1. The zero-order chi connectivity index (χ0) is 24.6. The zero-order valence-corrected chi connectivity index (χ0v) is 19.8. The molecule has 0 radical (unpaired) electrons. The summed E-state index contributed by atoms with van der Waals surface area (Å²) >= 11 is 0. The Morgan fingerprint density at radius 2 is 1.50 bits per heavy atom. The lowest BCUT2D eigenvalue weighted by molar-refractivity contribution is -0.119. The van der Waals surface area contributed by atoms with Gasteiger partial charge in [-0.2, -0.15) is 0 Å². The number of nitrogens with zero attached hydrogens (tertiary/aromatic N) is 1. The fourth-order valence-electron chi connectivity index (χ4n) is 3.10. The lowest BCUT2D eigenvalue weighted by Crippen LogP contribution is -2.41. The molecule has 0 aromatic heterocycles. The van der Waals surface area contributed by atoms with Gasteiger partial charge in [0.15, 0.2) is 0 Å². The molecule has 0 aliphatic carbocycles. The molecule has 7 nitrogen and oxygen atoms in total. The van der Waals surface area contributed by atoms with Crippen molar-refractivity contribution in [1.82, 2.24) is 5.32 Å². The summed E-state index contributed by atoms with van der Waals surface area (Å²) in [6.07, 6.45) is 0. The molecule has 180 valence electrons. The highest BCUT2D eigenvalue weighted by Crippen LogP contribution is 2.25. The van der Waals surface area contributed by atoms with Crippen molar-refractivity contribution < 1.29 is 27.1 Å². The van der Waals surface area contributed by atoms with Crippen molar-refractivity contribution in [3.8, 4) is 11.5 Å². The summed E-state index contributed by atoms with van der Waals surface area (Å²) in [6.45, 7) is 4.17. The first-order valence-electron chi connectivity index (χ1n) is 10.8. The van der Waals surface area contributed by atoms with Crippen molar-refractivity contribution in [2.75, 3.05) is 30.6 Å². The molecule has 1 amide bonds. The van der Waals surface area contributed by atoms with E-state index in [1.54, 1.807) is 12.1 Å². The van der Waals surface area contributed by atoms with E-state index in [1.165, 1.54) is 24.3 Å². The van der Waals surface area contributed by atoms with Crippen LogP contribution in [-0.4, -0.2) is 40.6 Å². The van der Waals surface area contributed by atoms with Crippen molar-refractivity contribution in [3.05, 3.63) is 84.2 Å². The highest BCUT2D eigenvalue weighted by atomic mass is 32.2. The number of carbonyl (C=O) groups is 1. The van der Waals surface area contributed by atoms with E-state index in [2.05, 4.69) is 5.32 Å². The Morgan fingerprint density at radius 1 is 0.912 bits per heavy atom. The van der Waals surface area contributed by atoms with Crippen molar-refractivity contribution in [1.29, 1.82) is 0 Å². The Bertz CT molecular complexity index is 1180. The zero-order valence-electron chi connectivity index (χ0n) is 19.0. The maximum Gasteiger partial charge on any atom is 0.264 e. The second kappa shape index (κ2) is 11.5. The molecule has 3 aromatic rings. The molecule has 9 heteroatoms. The topological polar surface area (TPSA) is 84.9 Å². The van der Waals surface area contributed by atoms with Gasteiger partial charge in [0.2, 0.25) is 5.91 Å². The molecule has 0 atom stereocenters. The number of hydrogen-bond acceptors (Lipinski definition) is 5. The number of hydrogen-bond donors (Lipinski definition) is 1. The van der Waals surface area contributed by atoms with Crippen molar-refractivity contribution in [2.45, 2.75) is 18.7 Å². The summed E-state index contributed by atoms with van der Waals surface area (Å²) in [6, 6.07) is 18.3. The van der Waals surface area contributed by atoms with E-state index >= 15 is 0 Å².